The van der Waals surface area contributed by atoms with Crippen molar-refractivity contribution in [1.82, 2.24) is 0 Å². The minimum absolute atomic E-state index is 0.0301. The molecule has 1 N–H and O–H groups in total. The number of nitriles is 1. The number of benzene rings is 2. The molecule has 25 heavy (non-hydrogen) atoms. The molecular formula is C21H21ClN2O. The van der Waals surface area contributed by atoms with E-state index in [2.05, 4.69) is 11.4 Å². The number of hydrogen-bond acceptors (Lipinski definition) is 2. The molecule has 0 aromatic heterocycles. The number of hydrogen-bond donors (Lipinski definition) is 1. The maximum Gasteiger partial charge on any atom is 0.235 e. The molecule has 0 spiro atoms. The lowest BCUT2D eigenvalue weighted by Gasteiger charge is -2.36. The molecule has 0 aliphatic heterocycles. The van der Waals surface area contributed by atoms with E-state index < -0.39 is 5.41 Å². The van der Waals surface area contributed by atoms with Gasteiger partial charge in [0.2, 0.25) is 5.91 Å². The topological polar surface area (TPSA) is 52.9 Å². The molecule has 0 saturated heterocycles. The van der Waals surface area contributed by atoms with Gasteiger partial charge in [0.1, 0.15) is 0 Å². The average Bonchev–Trinajstić information content (AvgIpc) is 2.64. The second-order valence-corrected chi connectivity index (χ2v) is 7.08. The van der Waals surface area contributed by atoms with E-state index in [0.717, 1.165) is 42.5 Å². The Morgan fingerprint density at radius 2 is 1.84 bits per heavy atom. The summed E-state index contributed by atoms with van der Waals surface area (Å²) in [5.74, 6) is 0.0301. The van der Waals surface area contributed by atoms with Crippen LogP contribution in [0.4, 0.5) is 5.69 Å². The highest BCUT2D eigenvalue weighted by Crippen LogP contribution is 2.41. The third-order valence-electron chi connectivity index (χ3n) is 5.01. The normalized spacial score (nSPS) is 16.0. The van der Waals surface area contributed by atoms with Gasteiger partial charge in [-0.3, -0.25) is 4.79 Å². The van der Waals surface area contributed by atoms with Crippen molar-refractivity contribution >= 4 is 23.2 Å². The maximum absolute atomic E-state index is 13.2. The Kier molecular flexibility index (Phi) is 5.40. The van der Waals surface area contributed by atoms with E-state index in [9.17, 15) is 4.79 Å². The number of halogens is 1. The van der Waals surface area contributed by atoms with Crippen LogP contribution in [0.1, 0.15) is 43.2 Å². The lowest BCUT2D eigenvalue weighted by Crippen LogP contribution is -2.42. The first-order valence-corrected chi connectivity index (χ1v) is 9.05. The van der Waals surface area contributed by atoms with Crippen molar-refractivity contribution in [3.63, 3.8) is 0 Å². The van der Waals surface area contributed by atoms with E-state index in [-0.39, 0.29) is 5.91 Å². The van der Waals surface area contributed by atoms with E-state index in [4.69, 9.17) is 16.9 Å². The van der Waals surface area contributed by atoms with E-state index in [0.29, 0.717) is 11.4 Å². The van der Waals surface area contributed by atoms with E-state index in [1.54, 1.807) is 0 Å². The molecule has 2 aromatic rings. The Morgan fingerprint density at radius 3 is 2.48 bits per heavy atom. The van der Waals surface area contributed by atoms with Crippen molar-refractivity contribution in [3.05, 3.63) is 64.7 Å². The van der Waals surface area contributed by atoms with Crippen LogP contribution in [-0.2, 0) is 16.6 Å². The Hall–Kier alpha value is -2.31. The molecule has 1 amide bonds. The monoisotopic (exact) mass is 352 g/mol. The second-order valence-electron chi connectivity index (χ2n) is 6.64. The van der Waals surface area contributed by atoms with E-state index in [1.165, 1.54) is 6.42 Å². The molecule has 1 saturated carbocycles. The minimum atomic E-state index is -0.519. The fourth-order valence-electron chi connectivity index (χ4n) is 3.64. The first-order chi connectivity index (χ1) is 12.1. The predicted molar refractivity (Wildman–Crippen MR) is 101 cm³/mol. The summed E-state index contributed by atoms with van der Waals surface area (Å²) in [5, 5.41) is 12.5. The van der Waals surface area contributed by atoms with E-state index >= 15 is 0 Å². The molecule has 0 heterocycles. The number of nitrogens with one attached hydrogen (secondary N) is 1. The molecule has 3 nitrogen and oxygen atoms in total. The first kappa shape index (κ1) is 17.5. The largest absolute Gasteiger partial charge is 0.325 e. The Morgan fingerprint density at radius 1 is 1.12 bits per heavy atom. The van der Waals surface area contributed by atoms with Crippen LogP contribution in [0.25, 0.3) is 0 Å². The van der Waals surface area contributed by atoms with Crippen LogP contribution in [0.15, 0.2) is 48.5 Å². The molecule has 0 atom stereocenters. The van der Waals surface area contributed by atoms with E-state index in [1.807, 2.05) is 48.5 Å². The standard InChI is InChI=1S/C21H21ClN2O/c22-18-6-4-5-17(15-18)21(12-2-1-3-13-21)20(25)24-19-9-7-16(8-10-19)11-14-23/h4-10,15H,1-3,11-13H2,(H,24,25). The zero-order chi connectivity index (χ0) is 17.7. The fourth-order valence-corrected chi connectivity index (χ4v) is 3.83. The molecular weight excluding hydrogens is 332 g/mol. The van der Waals surface area contributed by atoms with Gasteiger partial charge in [0.05, 0.1) is 17.9 Å². The van der Waals surface area contributed by atoms with Gasteiger partial charge in [0.25, 0.3) is 0 Å². The summed E-state index contributed by atoms with van der Waals surface area (Å²) in [6.07, 6.45) is 5.30. The molecule has 3 rings (SSSR count). The van der Waals surface area contributed by atoms with Gasteiger partial charge in [0.15, 0.2) is 0 Å². The van der Waals surface area contributed by atoms with Gasteiger partial charge in [-0.1, -0.05) is 55.1 Å². The zero-order valence-electron chi connectivity index (χ0n) is 14.1. The summed E-state index contributed by atoms with van der Waals surface area (Å²) in [5.41, 5.74) is 2.19. The second kappa shape index (κ2) is 7.72. The van der Waals surface area contributed by atoms with Gasteiger partial charge in [-0.25, -0.2) is 0 Å². The van der Waals surface area contributed by atoms with Gasteiger partial charge in [-0.05, 0) is 48.2 Å². The molecule has 1 aliphatic carbocycles. The Balaban J connectivity index is 1.86. The van der Waals surface area contributed by atoms with Gasteiger partial charge < -0.3 is 5.32 Å². The van der Waals surface area contributed by atoms with Gasteiger partial charge in [-0.15, -0.1) is 0 Å². The molecule has 0 unspecified atom stereocenters. The van der Waals surface area contributed by atoms with Crippen molar-refractivity contribution in [2.75, 3.05) is 5.32 Å². The molecule has 0 bridgehead atoms. The van der Waals surface area contributed by atoms with Gasteiger partial charge in [0, 0.05) is 10.7 Å². The van der Waals surface area contributed by atoms with Crippen LogP contribution in [0.3, 0.4) is 0 Å². The number of nitrogens with zero attached hydrogens (tertiary/aromatic N) is 1. The van der Waals surface area contributed by atoms with Crippen LogP contribution in [-0.4, -0.2) is 5.91 Å². The molecule has 1 aliphatic rings. The summed E-state index contributed by atoms with van der Waals surface area (Å²) in [7, 11) is 0. The van der Waals surface area contributed by atoms with Crippen molar-refractivity contribution in [2.45, 2.75) is 43.9 Å². The van der Waals surface area contributed by atoms with Crippen molar-refractivity contribution in [3.8, 4) is 6.07 Å². The molecule has 2 aromatic carbocycles. The van der Waals surface area contributed by atoms with Crippen molar-refractivity contribution < 1.29 is 4.79 Å². The lowest BCUT2D eigenvalue weighted by atomic mass is 9.68. The molecule has 4 heteroatoms. The third kappa shape index (κ3) is 3.86. The molecule has 0 radical (unpaired) electrons. The van der Waals surface area contributed by atoms with Crippen LogP contribution in [0.2, 0.25) is 5.02 Å². The minimum Gasteiger partial charge on any atom is -0.325 e. The highest BCUT2D eigenvalue weighted by atomic mass is 35.5. The highest BCUT2D eigenvalue weighted by molar-refractivity contribution is 6.30. The SMILES string of the molecule is N#CCc1ccc(NC(=O)C2(c3cccc(Cl)c3)CCCCC2)cc1. The Bertz CT molecular complexity index is 786. The highest BCUT2D eigenvalue weighted by Gasteiger charge is 2.41. The van der Waals surface area contributed by atoms with Crippen LogP contribution in [0.5, 0.6) is 0 Å². The van der Waals surface area contributed by atoms with Gasteiger partial charge >= 0.3 is 0 Å². The quantitative estimate of drug-likeness (QED) is 0.817. The molecule has 128 valence electrons. The number of anilines is 1. The fraction of sp³-hybridized carbons (Fsp3) is 0.333. The van der Waals surface area contributed by atoms with Crippen molar-refractivity contribution in [2.24, 2.45) is 0 Å². The number of carbonyl (C=O) groups is 1. The van der Waals surface area contributed by atoms with Crippen LogP contribution < -0.4 is 5.32 Å². The average molecular weight is 353 g/mol. The van der Waals surface area contributed by atoms with Crippen LogP contribution >= 0.6 is 11.6 Å². The number of rotatable bonds is 4. The summed E-state index contributed by atoms with van der Waals surface area (Å²) >= 11 is 6.18. The predicted octanol–water partition coefficient (Wildman–Crippen LogP) is 5.25. The summed E-state index contributed by atoms with van der Waals surface area (Å²) in [4.78, 5) is 13.2. The maximum atomic E-state index is 13.2. The summed E-state index contributed by atoms with van der Waals surface area (Å²) < 4.78 is 0. The van der Waals surface area contributed by atoms with Crippen LogP contribution in [0, 0.1) is 11.3 Å². The smallest absolute Gasteiger partial charge is 0.235 e. The summed E-state index contributed by atoms with van der Waals surface area (Å²) in [6.45, 7) is 0. The molecule has 1 fully saturated rings. The number of carbonyl (C=O) groups excluding carboxylic acids is 1. The third-order valence-corrected chi connectivity index (χ3v) is 5.25. The Labute approximate surface area is 153 Å². The van der Waals surface area contributed by atoms with Crippen molar-refractivity contribution in [1.29, 1.82) is 5.26 Å². The number of amides is 1. The van der Waals surface area contributed by atoms with Gasteiger partial charge in [-0.2, -0.15) is 5.26 Å². The lowest BCUT2D eigenvalue weighted by molar-refractivity contribution is -0.122. The summed E-state index contributed by atoms with van der Waals surface area (Å²) in [6, 6.07) is 17.3. The first-order valence-electron chi connectivity index (χ1n) is 8.67. The zero-order valence-corrected chi connectivity index (χ0v) is 14.9.